The number of nitrogens with one attached hydrogen (secondary N) is 2. The number of rotatable bonds is 11. The van der Waals surface area contributed by atoms with Gasteiger partial charge in [0.05, 0.1) is 12.3 Å². The fraction of sp³-hybridized carbons (Fsp3) is 0.174. The summed E-state index contributed by atoms with van der Waals surface area (Å²) < 4.78 is 5.70. The van der Waals surface area contributed by atoms with Crippen molar-refractivity contribution >= 4 is 5.84 Å². The van der Waals surface area contributed by atoms with Gasteiger partial charge in [-0.2, -0.15) is 5.10 Å². The Morgan fingerprint density at radius 1 is 1.17 bits per heavy atom. The van der Waals surface area contributed by atoms with Gasteiger partial charge in [-0.25, -0.2) is 5.53 Å². The fourth-order valence-electron chi connectivity index (χ4n) is 2.14. The highest BCUT2D eigenvalue weighted by Gasteiger charge is 2.07. The molecule has 0 radical (unpaired) electrons. The smallest absolute Gasteiger partial charge is 0.202 e. The van der Waals surface area contributed by atoms with Crippen LogP contribution in [0.1, 0.15) is 25.0 Å². The third-order valence-electron chi connectivity index (χ3n) is 3.68. The average molecular weight is 392 g/mol. The Morgan fingerprint density at radius 2 is 1.86 bits per heavy atom. The second-order valence-corrected chi connectivity index (χ2v) is 6.02. The molecule has 0 fully saturated rings. The maximum absolute atomic E-state index is 7.33. The van der Waals surface area contributed by atoms with Crippen LogP contribution in [0.25, 0.3) is 0 Å². The Bertz CT molecular complexity index is 843. The summed E-state index contributed by atoms with van der Waals surface area (Å²) in [5, 5.41) is 7.59. The van der Waals surface area contributed by atoms with Crippen LogP contribution in [0.2, 0.25) is 0 Å². The number of hydrogen-bond donors (Lipinski definition) is 3. The molecule has 0 heterocycles. The molecule has 0 aliphatic carbocycles. The number of hydrogen-bond acceptors (Lipinski definition) is 5. The van der Waals surface area contributed by atoms with E-state index in [4.69, 9.17) is 16.0 Å². The third-order valence-corrected chi connectivity index (χ3v) is 3.68. The molecule has 0 bridgehead atoms. The van der Waals surface area contributed by atoms with Crippen LogP contribution in [0, 0.1) is 5.53 Å². The molecule has 6 heteroatoms. The molecule has 1 rings (SSSR count). The first-order valence-corrected chi connectivity index (χ1v) is 9.14. The third kappa shape index (κ3) is 9.19. The second-order valence-electron chi connectivity index (χ2n) is 6.02. The molecule has 0 aliphatic rings. The number of hydrazone groups is 1. The monoisotopic (exact) mass is 391 g/mol. The van der Waals surface area contributed by atoms with Crippen LogP contribution in [0.4, 0.5) is 0 Å². The molecule has 0 saturated heterocycles. The van der Waals surface area contributed by atoms with Gasteiger partial charge in [-0.05, 0) is 37.1 Å². The number of nitrogens with two attached hydrogens (primary N) is 1. The summed E-state index contributed by atoms with van der Waals surface area (Å²) in [6, 6.07) is 7.99. The van der Waals surface area contributed by atoms with E-state index in [0.717, 1.165) is 16.9 Å². The largest absolute Gasteiger partial charge is 0.494 e. The Morgan fingerprint density at radius 3 is 2.45 bits per heavy atom. The molecule has 0 unspecified atom stereocenters. The highest BCUT2D eigenvalue weighted by molar-refractivity contribution is 6.02. The van der Waals surface area contributed by atoms with E-state index in [2.05, 4.69) is 28.8 Å². The van der Waals surface area contributed by atoms with Crippen LogP contribution in [0.3, 0.4) is 0 Å². The molecule has 4 N–H and O–H groups in total. The minimum Gasteiger partial charge on any atom is -0.494 e. The van der Waals surface area contributed by atoms with Crippen LogP contribution in [-0.4, -0.2) is 5.84 Å². The van der Waals surface area contributed by atoms with Crippen molar-refractivity contribution in [3.8, 4) is 0 Å². The summed E-state index contributed by atoms with van der Waals surface area (Å²) in [4.78, 5) is 0. The second kappa shape index (κ2) is 13.5. The van der Waals surface area contributed by atoms with Crippen LogP contribution in [-0.2, 0) is 17.9 Å². The normalized spacial score (nSPS) is 13.0. The lowest BCUT2D eigenvalue weighted by Gasteiger charge is -2.08. The maximum Gasteiger partial charge on any atom is 0.202 e. The Balaban J connectivity index is 2.66. The summed E-state index contributed by atoms with van der Waals surface area (Å²) in [6.45, 7) is 12.1. The molecule has 29 heavy (non-hydrogen) atoms. The lowest BCUT2D eigenvalue weighted by molar-refractivity contribution is 0.201. The van der Waals surface area contributed by atoms with E-state index in [0.29, 0.717) is 24.4 Å². The lowest BCUT2D eigenvalue weighted by Crippen LogP contribution is -2.14. The van der Waals surface area contributed by atoms with Crippen molar-refractivity contribution in [2.45, 2.75) is 27.0 Å². The molecule has 0 saturated carbocycles. The minimum atomic E-state index is 0.174. The fourth-order valence-corrected chi connectivity index (χ4v) is 2.14. The number of allylic oxidation sites excluding steroid dienone is 8. The van der Waals surface area contributed by atoms with Gasteiger partial charge in [0.1, 0.15) is 6.61 Å². The van der Waals surface area contributed by atoms with E-state index in [1.165, 1.54) is 0 Å². The molecule has 0 aromatic heterocycles. The number of benzene rings is 1. The SMILES string of the molecule is C=C/C=C\C=C(/C)OCc1ccc(CN/N=C(N=N)/C(=C/C=C\C)C(=C)N)cc1. The summed E-state index contributed by atoms with van der Waals surface area (Å²) in [6.07, 6.45) is 12.7. The number of ether oxygens (including phenoxy) is 1. The Kier molecular flexibility index (Phi) is 10.9. The van der Waals surface area contributed by atoms with Gasteiger partial charge >= 0.3 is 0 Å². The molecule has 0 spiro atoms. The van der Waals surface area contributed by atoms with Gasteiger partial charge in [0.15, 0.2) is 0 Å². The molecule has 6 nitrogen and oxygen atoms in total. The maximum atomic E-state index is 7.33. The zero-order valence-corrected chi connectivity index (χ0v) is 17.1. The summed E-state index contributed by atoms with van der Waals surface area (Å²) in [5.74, 6) is 1.01. The van der Waals surface area contributed by atoms with Gasteiger partial charge in [-0.15, -0.1) is 5.11 Å². The summed E-state index contributed by atoms with van der Waals surface area (Å²) in [5.41, 5.74) is 18.9. The van der Waals surface area contributed by atoms with E-state index < -0.39 is 0 Å². The van der Waals surface area contributed by atoms with Crippen molar-refractivity contribution in [3.05, 3.63) is 108 Å². The van der Waals surface area contributed by atoms with E-state index in [1.54, 1.807) is 18.2 Å². The van der Waals surface area contributed by atoms with Gasteiger partial charge in [0.25, 0.3) is 0 Å². The van der Waals surface area contributed by atoms with Gasteiger partial charge in [-0.3, -0.25) is 0 Å². The van der Waals surface area contributed by atoms with Crippen LogP contribution < -0.4 is 11.2 Å². The summed E-state index contributed by atoms with van der Waals surface area (Å²) >= 11 is 0. The van der Waals surface area contributed by atoms with Gasteiger partial charge in [-0.1, -0.05) is 67.8 Å². The zero-order chi connectivity index (χ0) is 21.5. The highest BCUT2D eigenvalue weighted by Crippen LogP contribution is 2.10. The van der Waals surface area contributed by atoms with Crippen LogP contribution in [0.5, 0.6) is 0 Å². The number of amidine groups is 1. The predicted molar refractivity (Wildman–Crippen MR) is 120 cm³/mol. The van der Waals surface area contributed by atoms with Crippen molar-refractivity contribution in [1.82, 2.24) is 5.43 Å². The topological polar surface area (TPSA) is 95.8 Å². The van der Waals surface area contributed by atoms with Gasteiger partial charge in [0.2, 0.25) is 5.84 Å². The molecule has 0 atom stereocenters. The first-order chi connectivity index (χ1) is 14.0. The molecule has 152 valence electrons. The van der Waals surface area contributed by atoms with Crippen LogP contribution >= 0.6 is 0 Å². The van der Waals surface area contributed by atoms with Crippen LogP contribution in [0.15, 0.2) is 107 Å². The van der Waals surface area contributed by atoms with Crippen molar-refractivity contribution < 1.29 is 4.74 Å². The predicted octanol–water partition coefficient (Wildman–Crippen LogP) is 5.26. The lowest BCUT2D eigenvalue weighted by atomic mass is 10.1. The standard InChI is InChI=1S/C23H29N5O/c1-5-7-9-10-18(3)29-17-21-14-12-20(13-15-21)16-26-28-23(27-25)22(19(4)24)11-8-6-2/h5-15,25-26H,1,4,16-17,24H2,2-3H3/b8-6-,9-7-,18-10+,22-11+,27-25?,28-23-. The molecule has 0 aliphatic heterocycles. The van der Waals surface area contributed by atoms with E-state index >= 15 is 0 Å². The first-order valence-electron chi connectivity index (χ1n) is 9.14. The van der Waals surface area contributed by atoms with E-state index in [1.807, 2.05) is 62.4 Å². The summed E-state index contributed by atoms with van der Waals surface area (Å²) in [7, 11) is 0. The quantitative estimate of drug-likeness (QED) is 0.120. The van der Waals surface area contributed by atoms with Crippen molar-refractivity contribution in [2.75, 3.05) is 0 Å². The van der Waals surface area contributed by atoms with E-state index in [-0.39, 0.29) is 5.84 Å². The van der Waals surface area contributed by atoms with Crippen molar-refractivity contribution in [3.63, 3.8) is 0 Å². The average Bonchev–Trinajstić information content (AvgIpc) is 2.72. The Labute approximate surface area is 173 Å². The van der Waals surface area contributed by atoms with E-state index in [9.17, 15) is 0 Å². The molecule has 1 aromatic rings. The highest BCUT2D eigenvalue weighted by atomic mass is 16.5. The molecular weight excluding hydrogens is 362 g/mol. The molecule has 1 aromatic carbocycles. The van der Waals surface area contributed by atoms with Gasteiger partial charge in [0, 0.05) is 11.3 Å². The first kappa shape index (κ1) is 23.4. The van der Waals surface area contributed by atoms with Crippen molar-refractivity contribution in [2.24, 2.45) is 15.9 Å². The number of nitrogens with zero attached hydrogens (tertiary/aromatic N) is 2. The molecule has 0 amide bonds. The Hall–Kier alpha value is -3.67. The minimum absolute atomic E-state index is 0.174. The molecular formula is C23H29N5O. The van der Waals surface area contributed by atoms with Gasteiger partial charge < -0.3 is 15.9 Å². The zero-order valence-electron chi connectivity index (χ0n) is 17.1. The van der Waals surface area contributed by atoms with Crippen molar-refractivity contribution in [1.29, 1.82) is 5.53 Å².